The largest absolute Gasteiger partial charge is 0.481 e. The van der Waals surface area contributed by atoms with Crippen LogP contribution in [0.1, 0.15) is 0 Å². The third kappa shape index (κ3) is 7.29. The summed E-state index contributed by atoms with van der Waals surface area (Å²) in [5.41, 5.74) is 0. The van der Waals surface area contributed by atoms with Gasteiger partial charge in [0.15, 0.2) is 0 Å². The first kappa shape index (κ1) is 16.9. The number of hydrogen-bond acceptors (Lipinski definition) is 7. The van der Waals surface area contributed by atoms with Crippen LogP contribution in [0.25, 0.3) is 0 Å². The molecule has 0 fully saturated rings. The van der Waals surface area contributed by atoms with Gasteiger partial charge < -0.3 is 19.8 Å². The predicted octanol–water partition coefficient (Wildman–Crippen LogP) is -0.198. The highest BCUT2D eigenvalue weighted by Crippen LogP contribution is 2.58. The molecule has 0 aliphatic carbocycles. The van der Waals surface area contributed by atoms with Crippen LogP contribution in [0, 0.1) is 0 Å². The Bertz CT molecular complexity index is 304. The van der Waals surface area contributed by atoms with E-state index in [4.69, 9.17) is 19.8 Å². The van der Waals surface area contributed by atoms with Crippen molar-refractivity contribution in [3.05, 3.63) is 0 Å². The van der Waals surface area contributed by atoms with Gasteiger partial charge in [0.2, 0.25) is 0 Å². The van der Waals surface area contributed by atoms with E-state index in [2.05, 4.69) is 34.1 Å². The van der Waals surface area contributed by atoms with E-state index in [-0.39, 0.29) is 5.75 Å². The van der Waals surface area contributed by atoms with Crippen LogP contribution in [0.3, 0.4) is 0 Å². The zero-order chi connectivity index (χ0) is 13.0. The summed E-state index contributed by atoms with van der Waals surface area (Å²) in [6.07, 6.45) is -1.23. The highest BCUT2D eigenvalue weighted by atomic mass is 32.1. The highest BCUT2D eigenvalue weighted by molar-refractivity contribution is 7.84. The lowest BCUT2D eigenvalue weighted by atomic mass is 10.3. The van der Waals surface area contributed by atoms with Gasteiger partial charge in [-0.05, 0) is 0 Å². The zero-order valence-electron chi connectivity index (χ0n) is 7.78. The molecule has 0 heterocycles. The molecular weight excluding hydrogens is 302 g/mol. The number of hydrogen-bond donors (Lipinski definition) is 6. The van der Waals surface area contributed by atoms with Crippen molar-refractivity contribution in [2.75, 3.05) is 12.4 Å². The summed E-state index contributed by atoms with van der Waals surface area (Å²) in [4.78, 5) is 25.6. The van der Waals surface area contributed by atoms with Crippen molar-refractivity contribution in [2.24, 2.45) is 0 Å². The predicted molar refractivity (Wildman–Crippen MR) is 61.5 cm³/mol. The van der Waals surface area contributed by atoms with E-state index in [1.54, 1.807) is 0 Å². The second kappa shape index (κ2) is 6.75. The lowest BCUT2D eigenvalue weighted by molar-refractivity contribution is 0.0804. The Balaban J connectivity index is 4.55. The first-order valence-electron chi connectivity index (χ1n) is 3.79. The topological polar surface area (TPSA) is 134 Å². The van der Waals surface area contributed by atoms with Crippen molar-refractivity contribution >= 4 is 40.9 Å². The SMILES string of the molecule is O=P(O)(O)OP(=O)(O)O[C@H](CO)[C@H](S)CS. The maximum absolute atomic E-state index is 11.1. The number of aliphatic hydroxyl groups is 1. The first-order valence-corrected chi connectivity index (χ1v) is 7.96. The molecular formula is C4H12O8P2S2. The van der Waals surface area contributed by atoms with Crippen LogP contribution in [0.15, 0.2) is 0 Å². The average molecular weight is 314 g/mol. The summed E-state index contributed by atoms with van der Waals surface area (Å²) >= 11 is 7.70. The summed E-state index contributed by atoms with van der Waals surface area (Å²) in [5, 5.41) is 8.10. The number of thiol groups is 2. The van der Waals surface area contributed by atoms with Gasteiger partial charge in [0.25, 0.3) is 0 Å². The standard InChI is InChI=1S/C4H12O8P2S2/c5-1-3(4(16)2-15)11-14(9,10)12-13(6,7)8/h3-5,15-16H,1-2H2,(H,9,10)(H2,6,7,8)/t3-,4-/m1/s1. The second-order valence-corrected chi connectivity index (χ2v) is 6.43. The third-order valence-electron chi connectivity index (χ3n) is 1.27. The van der Waals surface area contributed by atoms with Crippen LogP contribution in [-0.4, -0.2) is 43.5 Å². The maximum atomic E-state index is 11.1. The van der Waals surface area contributed by atoms with Gasteiger partial charge in [-0.25, -0.2) is 9.13 Å². The molecule has 0 radical (unpaired) electrons. The van der Waals surface area contributed by atoms with Gasteiger partial charge in [-0.3, -0.25) is 4.52 Å². The molecule has 0 aliphatic rings. The molecule has 4 N–H and O–H groups in total. The molecule has 0 saturated carbocycles. The molecule has 0 aromatic carbocycles. The Morgan fingerprint density at radius 1 is 1.25 bits per heavy atom. The van der Waals surface area contributed by atoms with Crippen LogP contribution in [-0.2, 0) is 18.0 Å². The minimum absolute atomic E-state index is 0.115. The lowest BCUT2D eigenvalue weighted by Gasteiger charge is -2.22. The van der Waals surface area contributed by atoms with Gasteiger partial charge in [0.1, 0.15) is 6.10 Å². The van der Waals surface area contributed by atoms with Gasteiger partial charge in [0, 0.05) is 11.0 Å². The van der Waals surface area contributed by atoms with E-state index in [9.17, 15) is 9.13 Å². The molecule has 0 spiro atoms. The Labute approximate surface area is 103 Å². The van der Waals surface area contributed by atoms with Crippen LogP contribution < -0.4 is 0 Å². The molecule has 8 nitrogen and oxygen atoms in total. The van der Waals surface area contributed by atoms with E-state index in [1.807, 2.05) is 0 Å². The van der Waals surface area contributed by atoms with Crippen molar-refractivity contribution in [3.8, 4) is 0 Å². The molecule has 3 atom stereocenters. The van der Waals surface area contributed by atoms with Gasteiger partial charge >= 0.3 is 15.6 Å². The molecule has 98 valence electrons. The lowest BCUT2D eigenvalue weighted by Crippen LogP contribution is -2.29. The number of phosphoric ester groups is 1. The molecule has 0 amide bonds. The molecule has 12 heteroatoms. The Morgan fingerprint density at radius 3 is 2.06 bits per heavy atom. The maximum Gasteiger partial charge on any atom is 0.481 e. The average Bonchev–Trinajstić information content (AvgIpc) is 2.09. The van der Waals surface area contributed by atoms with E-state index in [1.165, 1.54) is 0 Å². The Hall–Kier alpha value is 0.920. The number of aliphatic hydroxyl groups excluding tert-OH is 1. The van der Waals surface area contributed by atoms with Crippen molar-refractivity contribution < 1.29 is 37.8 Å². The van der Waals surface area contributed by atoms with Crippen molar-refractivity contribution in [1.29, 1.82) is 0 Å². The number of rotatable bonds is 7. The fourth-order valence-electron chi connectivity index (χ4n) is 0.668. The van der Waals surface area contributed by atoms with Crippen LogP contribution >= 0.6 is 40.9 Å². The first-order chi connectivity index (χ1) is 7.11. The second-order valence-electron chi connectivity index (χ2n) is 2.62. The molecule has 0 saturated heterocycles. The molecule has 0 aliphatic heterocycles. The molecule has 0 rings (SSSR count). The quantitative estimate of drug-likeness (QED) is 0.281. The zero-order valence-corrected chi connectivity index (χ0v) is 11.4. The molecule has 0 aromatic rings. The normalized spacial score (nSPS) is 20.1. The van der Waals surface area contributed by atoms with Crippen LogP contribution in [0.4, 0.5) is 0 Å². The summed E-state index contributed by atoms with van der Waals surface area (Å²) < 4.78 is 29.3. The molecule has 16 heavy (non-hydrogen) atoms. The van der Waals surface area contributed by atoms with Crippen LogP contribution in [0.5, 0.6) is 0 Å². The number of phosphoric acid groups is 2. The summed E-state index contributed by atoms with van der Waals surface area (Å²) in [6.45, 7) is -0.677. The summed E-state index contributed by atoms with van der Waals surface area (Å²) in [7, 11) is -10.1. The van der Waals surface area contributed by atoms with Crippen molar-refractivity contribution in [3.63, 3.8) is 0 Å². The summed E-state index contributed by atoms with van der Waals surface area (Å²) in [6, 6.07) is 0. The molecule has 1 unspecified atom stereocenters. The van der Waals surface area contributed by atoms with Crippen molar-refractivity contribution in [2.45, 2.75) is 11.4 Å². The van der Waals surface area contributed by atoms with E-state index in [0.29, 0.717) is 0 Å². The minimum Gasteiger partial charge on any atom is -0.394 e. The fraction of sp³-hybridized carbons (Fsp3) is 1.00. The fourth-order valence-corrected chi connectivity index (χ4v) is 2.94. The van der Waals surface area contributed by atoms with Gasteiger partial charge in [0.05, 0.1) is 6.61 Å². The van der Waals surface area contributed by atoms with E-state index in [0.717, 1.165) is 0 Å². The van der Waals surface area contributed by atoms with Gasteiger partial charge in [-0.1, -0.05) is 0 Å². The Morgan fingerprint density at radius 2 is 1.75 bits per heavy atom. The van der Waals surface area contributed by atoms with Crippen molar-refractivity contribution in [1.82, 2.24) is 0 Å². The molecule has 0 bridgehead atoms. The van der Waals surface area contributed by atoms with E-state index < -0.39 is 33.6 Å². The smallest absolute Gasteiger partial charge is 0.394 e. The minimum atomic E-state index is -5.16. The third-order valence-corrected chi connectivity index (χ3v) is 4.68. The monoisotopic (exact) mass is 314 g/mol. The van der Waals surface area contributed by atoms with E-state index >= 15 is 0 Å². The summed E-state index contributed by atoms with van der Waals surface area (Å²) in [5.74, 6) is 0.115. The highest BCUT2D eigenvalue weighted by Gasteiger charge is 2.36. The Kier molecular flexibility index (Phi) is 7.13. The molecule has 0 aromatic heterocycles. The van der Waals surface area contributed by atoms with Gasteiger partial charge in [-0.15, -0.1) is 0 Å². The van der Waals surface area contributed by atoms with Gasteiger partial charge in [-0.2, -0.15) is 29.6 Å². The van der Waals surface area contributed by atoms with Crippen LogP contribution in [0.2, 0.25) is 0 Å².